The van der Waals surface area contributed by atoms with E-state index in [2.05, 4.69) is 10.1 Å². The summed E-state index contributed by atoms with van der Waals surface area (Å²) < 4.78 is 21.8. The van der Waals surface area contributed by atoms with Crippen molar-refractivity contribution in [3.8, 4) is 0 Å². The molecule has 0 saturated heterocycles. The molecule has 0 unspecified atom stereocenters. The number of alkyl carbamates (subject to hydrolysis) is 1. The molecule has 2 amide bonds. The molecule has 0 fully saturated rings. The molecule has 29 heavy (non-hydrogen) atoms. The average molecular weight is 415 g/mol. The maximum Gasteiger partial charge on any atom is 0.407 e. The molecule has 0 saturated carbocycles. The van der Waals surface area contributed by atoms with Gasteiger partial charge in [0.25, 0.3) is 0 Å². The van der Waals surface area contributed by atoms with Crippen molar-refractivity contribution in [2.45, 2.75) is 65.9 Å². The third kappa shape index (κ3) is 18.5. The van der Waals surface area contributed by atoms with Crippen LogP contribution < -0.4 is 11.1 Å². The number of ether oxygens (including phenoxy) is 2. The Hall–Kier alpha value is -2.64. The number of primary amides is 1. The summed E-state index contributed by atoms with van der Waals surface area (Å²) in [6.07, 6.45) is 2.53. The number of carbonyl (C=O) groups is 3. The van der Waals surface area contributed by atoms with Gasteiger partial charge in [0.1, 0.15) is 11.4 Å². The second-order valence-electron chi connectivity index (χ2n) is 6.69. The van der Waals surface area contributed by atoms with Crippen molar-refractivity contribution < 1.29 is 28.2 Å². The van der Waals surface area contributed by atoms with E-state index >= 15 is 0 Å². The van der Waals surface area contributed by atoms with Crippen LogP contribution in [0.3, 0.4) is 0 Å². The van der Waals surface area contributed by atoms with E-state index in [9.17, 15) is 18.8 Å². The number of hydrogen-bond donors (Lipinski definition) is 2. The van der Waals surface area contributed by atoms with Crippen LogP contribution in [0.25, 0.3) is 0 Å². The van der Waals surface area contributed by atoms with Crippen LogP contribution in [0.15, 0.2) is 24.3 Å². The summed E-state index contributed by atoms with van der Waals surface area (Å²) >= 11 is 0. The molecule has 1 rings (SSSR count). The lowest BCUT2D eigenvalue weighted by molar-refractivity contribution is -0.140. The minimum atomic E-state index is -0.542. The average Bonchev–Trinajstić information content (AvgIpc) is 2.65. The predicted molar refractivity (Wildman–Crippen MR) is 111 cm³/mol. The van der Waals surface area contributed by atoms with Crippen LogP contribution in [-0.4, -0.2) is 37.2 Å². The van der Waals surface area contributed by atoms with Crippen LogP contribution in [0, 0.1) is 5.82 Å². The van der Waals surface area contributed by atoms with Crippen LogP contribution in [0.4, 0.5) is 9.18 Å². The third-order valence-corrected chi connectivity index (χ3v) is 3.08. The molecule has 0 aliphatic rings. The molecule has 0 aliphatic carbocycles. The molecule has 0 atom stereocenters. The zero-order valence-corrected chi connectivity index (χ0v) is 18.3. The van der Waals surface area contributed by atoms with Crippen molar-refractivity contribution in [3.05, 3.63) is 35.6 Å². The number of hydrogen-bond acceptors (Lipinski definition) is 5. The van der Waals surface area contributed by atoms with Crippen molar-refractivity contribution in [1.29, 1.82) is 0 Å². The van der Waals surface area contributed by atoms with Crippen molar-refractivity contribution in [1.82, 2.24) is 5.32 Å². The molecule has 0 aromatic heterocycles. The number of unbranched alkanes of at least 4 members (excludes halogenated alkanes) is 2. The Morgan fingerprint density at radius 1 is 1.03 bits per heavy atom. The largest absolute Gasteiger partial charge is 0.469 e. The highest BCUT2D eigenvalue weighted by atomic mass is 19.1. The van der Waals surface area contributed by atoms with E-state index in [1.807, 2.05) is 34.6 Å². The number of halogens is 1. The van der Waals surface area contributed by atoms with Gasteiger partial charge in [-0.15, -0.1) is 0 Å². The summed E-state index contributed by atoms with van der Waals surface area (Å²) in [6, 6.07) is 5.08. The number of rotatable bonds is 7. The van der Waals surface area contributed by atoms with Gasteiger partial charge in [-0.2, -0.15) is 0 Å². The Morgan fingerprint density at radius 2 is 1.59 bits per heavy atom. The molecular formula is C21H35FN2O5. The number of nitrogens with one attached hydrogen (secondary N) is 1. The molecular weight excluding hydrogens is 379 g/mol. The Balaban J connectivity index is 0. The molecule has 0 radical (unpaired) electrons. The van der Waals surface area contributed by atoms with Crippen LogP contribution in [0.2, 0.25) is 0 Å². The highest BCUT2D eigenvalue weighted by Gasteiger charge is 2.15. The van der Waals surface area contributed by atoms with E-state index in [4.69, 9.17) is 10.5 Å². The van der Waals surface area contributed by atoms with E-state index in [-0.39, 0.29) is 11.8 Å². The second kappa shape index (κ2) is 16.3. The van der Waals surface area contributed by atoms with E-state index < -0.39 is 17.6 Å². The van der Waals surface area contributed by atoms with Gasteiger partial charge in [-0.1, -0.05) is 20.3 Å². The first-order valence-electron chi connectivity index (χ1n) is 9.64. The standard InChI is InChI=1S/C12H23NO4.C7H6FNO.C2H6/c1-12(2,3)17-11(15)13-9-7-5-6-8-10(14)16-4;8-6-3-1-5(2-4-6)7(9)10;1-2/h5-9H2,1-4H3,(H,13,15);1-4H,(H2,9,10);1-2H3. The van der Waals surface area contributed by atoms with E-state index in [0.717, 1.165) is 19.3 Å². The number of benzene rings is 1. The number of carbonyl (C=O) groups excluding carboxylic acids is 3. The highest BCUT2D eigenvalue weighted by molar-refractivity contribution is 5.92. The molecule has 0 aliphatic heterocycles. The minimum absolute atomic E-state index is 0.190. The summed E-state index contributed by atoms with van der Waals surface area (Å²) in [7, 11) is 1.38. The van der Waals surface area contributed by atoms with Crippen molar-refractivity contribution in [3.63, 3.8) is 0 Å². The Morgan fingerprint density at radius 3 is 2.03 bits per heavy atom. The van der Waals surface area contributed by atoms with Gasteiger partial charge >= 0.3 is 12.1 Å². The number of esters is 1. The lowest BCUT2D eigenvalue weighted by atomic mass is 10.2. The first kappa shape index (κ1) is 28.6. The first-order chi connectivity index (χ1) is 13.5. The lowest BCUT2D eigenvalue weighted by Crippen LogP contribution is -2.32. The molecule has 3 N–H and O–H groups in total. The zero-order chi connectivity index (χ0) is 22.9. The maximum absolute atomic E-state index is 12.2. The number of methoxy groups -OCH3 is 1. The molecule has 8 heteroatoms. The summed E-state index contributed by atoms with van der Waals surface area (Å²) in [6.45, 7) is 10.0. The highest BCUT2D eigenvalue weighted by Crippen LogP contribution is 2.06. The molecule has 0 spiro atoms. The molecule has 7 nitrogen and oxygen atoms in total. The van der Waals surface area contributed by atoms with Crippen LogP contribution in [-0.2, 0) is 14.3 Å². The van der Waals surface area contributed by atoms with Gasteiger partial charge < -0.3 is 20.5 Å². The number of nitrogens with two attached hydrogens (primary N) is 1. The molecule has 0 heterocycles. The fraction of sp³-hybridized carbons (Fsp3) is 0.571. The monoisotopic (exact) mass is 414 g/mol. The second-order valence-corrected chi connectivity index (χ2v) is 6.69. The first-order valence-corrected chi connectivity index (χ1v) is 9.64. The van der Waals surface area contributed by atoms with Crippen molar-refractivity contribution in [2.24, 2.45) is 5.73 Å². The Bertz CT molecular complexity index is 598. The summed E-state index contributed by atoms with van der Waals surface area (Å²) in [4.78, 5) is 32.4. The van der Waals surface area contributed by atoms with E-state index in [0.29, 0.717) is 18.5 Å². The van der Waals surface area contributed by atoms with Gasteiger partial charge in [0, 0.05) is 18.5 Å². The van der Waals surface area contributed by atoms with Gasteiger partial charge in [-0.25, -0.2) is 9.18 Å². The van der Waals surface area contributed by atoms with Crippen LogP contribution >= 0.6 is 0 Å². The Kier molecular flexibility index (Phi) is 16.1. The lowest BCUT2D eigenvalue weighted by Gasteiger charge is -2.19. The quantitative estimate of drug-likeness (QED) is 0.514. The smallest absolute Gasteiger partial charge is 0.407 e. The van der Waals surface area contributed by atoms with E-state index in [1.54, 1.807) is 0 Å². The fourth-order valence-corrected chi connectivity index (χ4v) is 1.79. The molecule has 0 bridgehead atoms. The van der Waals surface area contributed by atoms with Gasteiger partial charge in [0.15, 0.2) is 0 Å². The minimum Gasteiger partial charge on any atom is -0.469 e. The molecule has 1 aromatic rings. The summed E-state index contributed by atoms with van der Waals surface area (Å²) in [5.41, 5.74) is 4.76. The van der Waals surface area contributed by atoms with Gasteiger partial charge in [0.05, 0.1) is 7.11 Å². The normalized spacial score (nSPS) is 9.76. The van der Waals surface area contributed by atoms with E-state index in [1.165, 1.54) is 31.4 Å². The SMILES string of the molecule is CC.COC(=O)CCCCCNC(=O)OC(C)(C)C.NC(=O)c1ccc(F)cc1. The van der Waals surface area contributed by atoms with Crippen molar-refractivity contribution >= 4 is 18.0 Å². The third-order valence-electron chi connectivity index (χ3n) is 3.08. The Labute approximate surface area is 173 Å². The van der Waals surface area contributed by atoms with Gasteiger partial charge in [0.2, 0.25) is 5.91 Å². The van der Waals surface area contributed by atoms with Crippen LogP contribution in [0.1, 0.15) is 70.7 Å². The summed E-state index contributed by atoms with van der Waals surface area (Å²) in [5.74, 6) is -1.10. The molecule has 1 aromatic carbocycles. The van der Waals surface area contributed by atoms with Gasteiger partial charge in [-0.05, 0) is 57.9 Å². The fourth-order valence-electron chi connectivity index (χ4n) is 1.79. The van der Waals surface area contributed by atoms with Crippen LogP contribution in [0.5, 0.6) is 0 Å². The maximum atomic E-state index is 12.2. The van der Waals surface area contributed by atoms with Gasteiger partial charge in [-0.3, -0.25) is 9.59 Å². The van der Waals surface area contributed by atoms with Crippen molar-refractivity contribution in [2.75, 3.05) is 13.7 Å². The number of amides is 2. The zero-order valence-electron chi connectivity index (χ0n) is 18.3. The topological polar surface area (TPSA) is 108 Å². The summed E-state index contributed by atoms with van der Waals surface area (Å²) in [5, 5.41) is 2.66. The molecule has 166 valence electrons. The predicted octanol–water partition coefficient (Wildman–Crippen LogP) is 4.20.